The van der Waals surface area contributed by atoms with Crippen molar-refractivity contribution in [3.05, 3.63) is 41.6 Å². The van der Waals surface area contributed by atoms with Crippen molar-refractivity contribution in [2.45, 2.75) is 19.4 Å². The second-order valence-electron chi connectivity index (χ2n) is 4.10. The number of anilines is 1. The second kappa shape index (κ2) is 4.59. The summed E-state index contributed by atoms with van der Waals surface area (Å²) in [5.41, 5.74) is 7.20. The molecule has 0 saturated carbocycles. The molecular formula is C13H16N2O2. The number of primary amides is 1. The number of aliphatic hydroxyl groups is 1. The highest BCUT2D eigenvalue weighted by Gasteiger charge is 2.27. The third kappa shape index (κ3) is 2.03. The van der Waals surface area contributed by atoms with Crippen LogP contribution < -0.4 is 10.6 Å². The van der Waals surface area contributed by atoms with Crippen LogP contribution in [0.2, 0.25) is 0 Å². The molecule has 1 unspecified atom stereocenters. The molecule has 17 heavy (non-hydrogen) atoms. The molecule has 1 heterocycles. The predicted octanol–water partition coefficient (Wildman–Crippen LogP) is 1.32. The first kappa shape index (κ1) is 11.7. The van der Waals surface area contributed by atoms with Crippen LogP contribution in [0, 0.1) is 0 Å². The molecule has 0 radical (unpaired) electrons. The van der Waals surface area contributed by atoms with E-state index in [0.717, 1.165) is 24.2 Å². The van der Waals surface area contributed by atoms with E-state index in [-0.39, 0.29) is 5.57 Å². The van der Waals surface area contributed by atoms with Gasteiger partial charge in [-0.15, -0.1) is 0 Å². The summed E-state index contributed by atoms with van der Waals surface area (Å²) in [5, 5.41) is 10.1. The van der Waals surface area contributed by atoms with Gasteiger partial charge in [-0.05, 0) is 12.5 Å². The molecule has 4 heteroatoms. The average molecular weight is 232 g/mol. The number of fused-ring (bicyclic) bond motifs is 1. The van der Waals surface area contributed by atoms with Gasteiger partial charge in [0.15, 0.2) is 0 Å². The van der Waals surface area contributed by atoms with Gasteiger partial charge in [-0.3, -0.25) is 4.79 Å². The minimum Gasteiger partial charge on any atom is -0.383 e. The second-order valence-corrected chi connectivity index (χ2v) is 4.10. The molecule has 0 aliphatic carbocycles. The lowest BCUT2D eigenvalue weighted by atomic mass is 9.96. The minimum absolute atomic E-state index is 0.247. The van der Waals surface area contributed by atoms with E-state index in [4.69, 9.17) is 5.73 Å². The molecule has 1 aliphatic rings. The Labute approximate surface area is 100 Å². The SMILES string of the molecule is CCCN1C=C(C(N)=O)C(O)c2ccccc21. The number of carbonyl (C=O) groups is 1. The molecule has 1 atom stereocenters. The first-order chi connectivity index (χ1) is 8.15. The Morgan fingerprint density at radius 2 is 2.18 bits per heavy atom. The van der Waals surface area contributed by atoms with Crippen LogP contribution in [0.25, 0.3) is 0 Å². The highest BCUT2D eigenvalue weighted by molar-refractivity contribution is 5.95. The standard InChI is InChI=1S/C13H16N2O2/c1-2-7-15-8-10(13(14)17)12(16)9-5-3-4-6-11(9)15/h3-6,8,12,16H,2,7H2,1H3,(H2,14,17). The van der Waals surface area contributed by atoms with Crippen molar-refractivity contribution in [2.75, 3.05) is 11.4 Å². The Hall–Kier alpha value is -1.81. The molecule has 3 N–H and O–H groups in total. The number of amides is 1. The van der Waals surface area contributed by atoms with Crippen LogP contribution in [0.4, 0.5) is 5.69 Å². The molecule has 0 saturated heterocycles. The first-order valence-electron chi connectivity index (χ1n) is 5.70. The van der Waals surface area contributed by atoms with Gasteiger partial charge in [0.1, 0.15) is 6.10 Å². The number of rotatable bonds is 3. The third-order valence-electron chi connectivity index (χ3n) is 2.88. The number of hydrogen-bond donors (Lipinski definition) is 2. The van der Waals surface area contributed by atoms with E-state index in [9.17, 15) is 9.90 Å². The molecule has 0 fully saturated rings. The van der Waals surface area contributed by atoms with Gasteiger partial charge in [-0.25, -0.2) is 0 Å². The first-order valence-corrected chi connectivity index (χ1v) is 5.70. The lowest BCUT2D eigenvalue weighted by molar-refractivity contribution is -0.115. The number of nitrogens with zero attached hydrogens (tertiary/aromatic N) is 1. The molecule has 0 spiro atoms. The quantitative estimate of drug-likeness (QED) is 0.826. The monoisotopic (exact) mass is 232 g/mol. The number of carbonyl (C=O) groups excluding carboxylic acids is 1. The smallest absolute Gasteiger partial charge is 0.249 e. The van der Waals surface area contributed by atoms with Crippen LogP contribution in [0.15, 0.2) is 36.0 Å². The van der Waals surface area contributed by atoms with Crippen LogP contribution in [0.5, 0.6) is 0 Å². The van der Waals surface area contributed by atoms with E-state index in [1.807, 2.05) is 29.2 Å². The summed E-state index contributed by atoms with van der Waals surface area (Å²) >= 11 is 0. The summed E-state index contributed by atoms with van der Waals surface area (Å²) in [5.74, 6) is -0.576. The summed E-state index contributed by atoms with van der Waals surface area (Å²) in [6.45, 7) is 2.85. The molecule has 1 amide bonds. The van der Waals surface area contributed by atoms with Crippen molar-refractivity contribution in [2.24, 2.45) is 5.73 Å². The molecule has 1 aliphatic heterocycles. The van der Waals surface area contributed by atoms with Crippen LogP contribution in [0.3, 0.4) is 0 Å². The van der Waals surface area contributed by atoms with E-state index < -0.39 is 12.0 Å². The lowest BCUT2D eigenvalue weighted by Crippen LogP contribution is -2.30. The fraction of sp³-hybridized carbons (Fsp3) is 0.308. The Morgan fingerprint density at radius 3 is 2.82 bits per heavy atom. The van der Waals surface area contributed by atoms with Gasteiger partial charge < -0.3 is 15.7 Å². The van der Waals surface area contributed by atoms with E-state index in [1.54, 1.807) is 6.20 Å². The molecule has 0 aromatic heterocycles. The van der Waals surface area contributed by atoms with Crippen molar-refractivity contribution in [1.29, 1.82) is 0 Å². The number of nitrogens with two attached hydrogens (primary N) is 1. The van der Waals surface area contributed by atoms with Gasteiger partial charge in [0.2, 0.25) is 5.91 Å². The molecule has 90 valence electrons. The Kier molecular flexibility index (Phi) is 3.15. The number of hydrogen-bond acceptors (Lipinski definition) is 3. The van der Waals surface area contributed by atoms with Crippen molar-refractivity contribution in [3.8, 4) is 0 Å². The van der Waals surface area contributed by atoms with Crippen LogP contribution >= 0.6 is 0 Å². The van der Waals surface area contributed by atoms with Crippen molar-refractivity contribution < 1.29 is 9.90 Å². The summed E-state index contributed by atoms with van der Waals surface area (Å²) in [6.07, 6.45) is 1.68. The fourth-order valence-corrected chi connectivity index (χ4v) is 2.08. The third-order valence-corrected chi connectivity index (χ3v) is 2.88. The van der Waals surface area contributed by atoms with Crippen LogP contribution in [-0.2, 0) is 4.79 Å². The molecule has 4 nitrogen and oxygen atoms in total. The van der Waals surface area contributed by atoms with Gasteiger partial charge in [-0.1, -0.05) is 25.1 Å². The Morgan fingerprint density at radius 1 is 1.47 bits per heavy atom. The zero-order chi connectivity index (χ0) is 12.4. The largest absolute Gasteiger partial charge is 0.383 e. The van der Waals surface area contributed by atoms with E-state index in [1.165, 1.54) is 0 Å². The zero-order valence-corrected chi connectivity index (χ0v) is 9.76. The van der Waals surface area contributed by atoms with Gasteiger partial charge in [-0.2, -0.15) is 0 Å². The summed E-state index contributed by atoms with van der Waals surface area (Å²) < 4.78 is 0. The van der Waals surface area contributed by atoms with Crippen LogP contribution in [0.1, 0.15) is 25.0 Å². The van der Waals surface area contributed by atoms with Gasteiger partial charge in [0.25, 0.3) is 0 Å². The molecule has 1 aromatic rings. The highest BCUT2D eigenvalue weighted by atomic mass is 16.3. The maximum Gasteiger partial charge on any atom is 0.249 e. The lowest BCUT2D eigenvalue weighted by Gasteiger charge is -2.31. The maximum absolute atomic E-state index is 11.3. The van der Waals surface area contributed by atoms with Crippen molar-refractivity contribution in [1.82, 2.24) is 0 Å². The fourth-order valence-electron chi connectivity index (χ4n) is 2.08. The average Bonchev–Trinajstić information content (AvgIpc) is 2.33. The Bertz CT molecular complexity index is 468. The topological polar surface area (TPSA) is 66.6 Å². The molecule has 0 bridgehead atoms. The summed E-state index contributed by atoms with van der Waals surface area (Å²) in [6, 6.07) is 7.51. The number of benzene rings is 1. The molecule has 2 rings (SSSR count). The van der Waals surface area contributed by atoms with Crippen molar-refractivity contribution >= 4 is 11.6 Å². The zero-order valence-electron chi connectivity index (χ0n) is 9.76. The Balaban J connectivity index is 2.48. The molecular weight excluding hydrogens is 216 g/mol. The van der Waals surface area contributed by atoms with E-state index in [2.05, 4.69) is 6.92 Å². The van der Waals surface area contributed by atoms with Gasteiger partial charge in [0.05, 0.1) is 5.57 Å². The maximum atomic E-state index is 11.3. The minimum atomic E-state index is -0.920. The number of para-hydroxylation sites is 1. The molecule has 1 aromatic carbocycles. The van der Waals surface area contributed by atoms with E-state index >= 15 is 0 Å². The van der Waals surface area contributed by atoms with Crippen LogP contribution in [-0.4, -0.2) is 17.6 Å². The summed E-state index contributed by atoms with van der Waals surface area (Å²) in [7, 11) is 0. The predicted molar refractivity (Wildman–Crippen MR) is 66.3 cm³/mol. The highest BCUT2D eigenvalue weighted by Crippen LogP contribution is 2.35. The van der Waals surface area contributed by atoms with E-state index in [0.29, 0.717) is 0 Å². The van der Waals surface area contributed by atoms with Gasteiger partial charge >= 0.3 is 0 Å². The number of aliphatic hydroxyl groups excluding tert-OH is 1. The normalized spacial score (nSPS) is 18.6. The summed E-state index contributed by atoms with van der Waals surface area (Å²) in [4.78, 5) is 13.3. The van der Waals surface area contributed by atoms with Gasteiger partial charge in [0, 0.05) is 24.0 Å². The van der Waals surface area contributed by atoms with Crippen molar-refractivity contribution in [3.63, 3.8) is 0 Å².